The van der Waals surface area contributed by atoms with Gasteiger partial charge in [-0.25, -0.2) is 0 Å². The second kappa shape index (κ2) is 4.51. The number of aromatic nitrogens is 1. The van der Waals surface area contributed by atoms with Crippen molar-refractivity contribution in [1.29, 1.82) is 0 Å². The molecule has 0 spiro atoms. The zero-order chi connectivity index (χ0) is 14.3. The molecule has 1 aromatic carbocycles. The average Bonchev–Trinajstić information content (AvgIpc) is 2.76. The Bertz CT molecular complexity index is 637. The smallest absolute Gasteiger partial charge is 0.373 e. The Morgan fingerprint density at radius 1 is 1.25 bits per heavy atom. The lowest BCUT2D eigenvalue weighted by Gasteiger charge is -2.15. The van der Waals surface area contributed by atoms with E-state index in [-0.39, 0.29) is 5.92 Å². The molecule has 0 amide bonds. The third-order valence-electron chi connectivity index (χ3n) is 3.69. The van der Waals surface area contributed by atoms with Crippen molar-refractivity contribution in [2.45, 2.75) is 12.1 Å². The number of hydrogen-bond donors (Lipinski definition) is 0. The summed E-state index contributed by atoms with van der Waals surface area (Å²) in [5.74, 6) is -0.0639. The van der Waals surface area contributed by atoms with Gasteiger partial charge in [-0.15, -0.1) is 0 Å². The molecule has 3 rings (SSSR count). The van der Waals surface area contributed by atoms with Crippen LogP contribution in [0.1, 0.15) is 22.6 Å². The van der Waals surface area contributed by atoms with E-state index in [4.69, 9.17) is 0 Å². The minimum Gasteiger partial charge on any atom is -0.373 e. The normalized spacial score (nSPS) is 18.2. The van der Waals surface area contributed by atoms with Gasteiger partial charge in [0.25, 0.3) is 0 Å². The third-order valence-corrected chi connectivity index (χ3v) is 3.69. The van der Waals surface area contributed by atoms with E-state index in [1.165, 1.54) is 12.1 Å². The van der Waals surface area contributed by atoms with E-state index < -0.39 is 11.7 Å². The molecule has 104 valence electrons. The van der Waals surface area contributed by atoms with Gasteiger partial charge in [-0.2, -0.15) is 13.2 Å². The molecule has 20 heavy (non-hydrogen) atoms. The summed E-state index contributed by atoms with van der Waals surface area (Å²) in [6.45, 7) is 0.669. The maximum Gasteiger partial charge on any atom is 0.416 e. The van der Waals surface area contributed by atoms with Crippen LogP contribution in [0.3, 0.4) is 0 Å². The molecule has 0 saturated carbocycles. The summed E-state index contributed by atoms with van der Waals surface area (Å²) < 4.78 is 38.4. The number of fused-ring (bicyclic) bond motifs is 1. The number of pyridine rings is 1. The first-order valence-corrected chi connectivity index (χ1v) is 6.29. The highest BCUT2D eigenvalue weighted by Crippen LogP contribution is 2.40. The van der Waals surface area contributed by atoms with Crippen LogP contribution in [0, 0.1) is 0 Å². The van der Waals surface area contributed by atoms with E-state index >= 15 is 0 Å². The topological polar surface area (TPSA) is 16.1 Å². The predicted octanol–water partition coefficient (Wildman–Crippen LogP) is 3.68. The molecule has 0 N–H and O–H groups in total. The molecule has 0 fully saturated rings. The van der Waals surface area contributed by atoms with Crippen LogP contribution >= 0.6 is 0 Å². The molecule has 0 saturated heterocycles. The Balaban J connectivity index is 2.03. The molecule has 0 aliphatic carbocycles. The lowest BCUT2D eigenvalue weighted by atomic mass is 9.93. The Morgan fingerprint density at radius 3 is 2.80 bits per heavy atom. The molecule has 0 radical (unpaired) electrons. The van der Waals surface area contributed by atoms with Gasteiger partial charge < -0.3 is 4.90 Å². The van der Waals surface area contributed by atoms with E-state index in [9.17, 15) is 13.2 Å². The van der Waals surface area contributed by atoms with Crippen molar-refractivity contribution >= 4 is 5.69 Å². The van der Waals surface area contributed by atoms with Crippen molar-refractivity contribution in [1.82, 2.24) is 4.98 Å². The van der Waals surface area contributed by atoms with Crippen LogP contribution in [0.2, 0.25) is 0 Å². The van der Waals surface area contributed by atoms with Crippen LogP contribution in [-0.4, -0.2) is 18.6 Å². The van der Waals surface area contributed by atoms with E-state index in [2.05, 4.69) is 4.98 Å². The zero-order valence-corrected chi connectivity index (χ0v) is 10.9. The second-order valence-electron chi connectivity index (χ2n) is 4.99. The summed E-state index contributed by atoms with van der Waals surface area (Å²) in [5, 5.41) is 0. The van der Waals surface area contributed by atoms with Gasteiger partial charge in [-0.3, -0.25) is 4.98 Å². The van der Waals surface area contributed by atoms with Crippen molar-refractivity contribution in [3.05, 3.63) is 59.4 Å². The van der Waals surface area contributed by atoms with Gasteiger partial charge in [-0.05, 0) is 17.7 Å². The maximum atomic E-state index is 12.8. The molecule has 1 aliphatic heterocycles. The Labute approximate surface area is 114 Å². The van der Waals surface area contributed by atoms with Gasteiger partial charge in [0.05, 0.1) is 5.56 Å². The first-order chi connectivity index (χ1) is 9.47. The van der Waals surface area contributed by atoms with E-state index in [0.717, 1.165) is 17.3 Å². The second-order valence-corrected chi connectivity index (χ2v) is 4.99. The molecule has 0 bridgehead atoms. The van der Waals surface area contributed by atoms with E-state index in [0.29, 0.717) is 12.1 Å². The van der Waals surface area contributed by atoms with Crippen molar-refractivity contribution in [2.24, 2.45) is 0 Å². The Kier molecular flexibility index (Phi) is 2.92. The lowest BCUT2D eigenvalue weighted by Crippen LogP contribution is -2.16. The highest BCUT2D eigenvalue weighted by molar-refractivity contribution is 5.61. The van der Waals surface area contributed by atoms with Crippen molar-refractivity contribution in [3.8, 4) is 0 Å². The van der Waals surface area contributed by atoms with Gasteiger partial charge in [0.1, 0.15) is 0 Å². The standard InChI is InChI=1S/C15H13F3N2/c1-20-9-13(12-8-19-6-5-14(12)20)10-3-2-4-11(7-10)15(16,17)18/h2-8,13H,9H2,1H3. The number of halogens is 3. The van der Waals surface area contributed by atoms with Crippen LogP contribution in [0.25, 0.3) is 0 Å². The van der Waals surface area contributed by atoms with Crippen LogP contribution in [-0.2, 0) is 6.18 Å². The largest absolute Gasteiger partial charge is 0.416 e. The van der Waals surface area contributed by atoms with E-state index in [1.807, 2.05) is 18.0 Å². The van der Waals surface area contributed by atoms with Crippen LogP contribution < -0.4 is 4.90 Å². The van der Waals surface area contributed by atoms with Gasteiger partial charge in [0.2, 0.25) is 0 Å². The Hall–Kier alpha value is -2.04. The van der Waals surface area contributed by atoms with Gasteiger partial charge in [0, 0.05) is 43.2 Å². The fraction of sp³-hybridized carbons (Fsp3) is 0.267. The predicted molar refractivity (Wildman–Crippen MR) is 70.8 cm³/mol. The molecule has 2 aromatic rings. The highest BCUT2D eigenvalue weighted by Gasteiger charge is 2.33. The molecule has 5 heteroatoms. The minimum absolute atomic E-state index is 0.0639. The maximum absolute atomic E-state index is 12.8. The number of likely N-dealkylation sites (N-methyl/N-ethyl adjacent to an activating group) is 1. The number of hydrogen-bond acceptors (Lipinski definition) is 2. The van der Waals surface area contributed by atoms with Crippen LogP contribution in [0.5, 0.6) is 0 Å². The summed E-state index contributed by atoms with van der Waals surface area (Å²) in [7, 11) is 1.94. The van der Waals surface area contributed by atoms with Crippen molar-refractivity contribution < 1.29 is 13.2 Å². The summed E-state index contributed by atoms with van der Waals surface area (Å²) >= 11 is 0. The minimum atomic E-state index is -4.31. The summed E-state index contributed by atoms with van der Waals surface area (Å²) in [4.78, 5) is 6.13. The number of alkyl halides is 3. The fourth-order valence-electron chi connectivity index (χ4n) is 2.70. The van der Waals surface area contributed by atoms with Gasteiger partial charge in [0.15, 0.2) is 0 Å². The summed E-state index contributed by atoms with van der Waals surface area (Å²) in [5.41, 5.74) is 2.09. The fourth-order valence-corrected chi connectivity index (χ4v) is 2.70. The van der Waals surface area contributed by atoms with Gasteiger partial charge >= 0.3 is 6.18 Å². The molecular formula is C15H13F3N2. The number of nitrogens with zero attached hydrogens (tertiary/aromatic N) is 2. The average molecular weight is 278 g/mol. The lowest BCUT2D eigenvalue weighted by molar-refractivity contribution is -0.137. The summed E-state index contributed by atoms with van der Waals surface area (Å²) in [6.07, 6.45) is -0.869. The number of anilines is 1. The zero-order valence-electron chi connectivity index (χ0n) is 10.9. The molecule has 2 nitrogen and oxygen atoms in total. The monoisotopic (exact) mass is 278 g/mol. The van der Waals surface area contributed by atoms with Gasteiger partial charge in [-0.1, -0.05) is 18.2 Å². The molecular weight excluding hydrogens is 265 g/mol. The summed E-state index contributed by atoms with van der Waals surface area (Å²) in [6, 6.07) is 7.44. The third kappa shape index (κ3) is 2.13. The first kappa shape index (κ1) is 13.0. The molecule has 1 unspecified atom stereocenters. The number of rotatable bonds is 1. The quantitative estimate of drug-likeness (QED) is 0.791. The van der Waals surface area contributed by atoms with Crippen LogP contribution in [0.15, 0.2) is 42.7 Å². The first-order valence-electron chi connectivity index (χ1n) is 6.29. The van der Waals surface area contributed by atoms with E-state index in [1.54, 1.807) is 18.5 Å². The molecule has 2 heterocycles. The molecule has 1 atom stereocenters. The Morgan fingerprint density at radius 2 is 2.05 bits per heavy atom. The number of benzene rings is 1. The molecule has 1 aliphatic rings. The van der Waals surface area contributed by atoms with Crippen molar-refractivity contribution in [3.63, 3.8) is 0 Å². The van der Waals surface area contributed by atoms with Crippen molar-refractivity contribution in [2.75, 3.05) is 18.5 Å². The highest BCUT2D eigenvalue weighted by atomic mass is 19.4. The SMILES string of the molecule is CN1CC(c2cccc(C(F)(F)F)c2)c2cnccc21. The molecule has 1 aromatic heterocycles. The van der Waals surface area contributed by atoms with Crippen LogP contribution in [0.4, 0.5) is 18.9 Å².